The van der Waals surface area contributed by atoms with Gasteiger partial charge in [-0.3, -0.25) is 0 Å². The molecule has 108 valence electrons. The van der Waals surface area contributed by atoms with Crippen molar-refractivity contribution in [2.75, 3.05) is 0 Å². The maximum atomic E-state index is 13.8. The molecular formula is C16H13BrFNOS. The molecule has 0 aliphatic carbocycles. The van der Waals surface area contributed by atoms with Crippen molar-refractivity contribution in [2.45, 2.75) is 13.2 Å². The average Bonchev–Trinajstić information content (AvgIpc) is 2.84. The lowest BCUT2D eigenvalue weighted by Gasteiger charge is -2.08. The molecule has 1 aromatic heterocycles. The van der Waals surface area contributed by atoms with Crippen LogP contribution in [0.3, 0.4) is 0 Å². The van der Waals surface area contributed by atoms with Gasteiger partial charge in [-0.05, 0) is 29.7 Å². The first-order chi connectivity index (χ1) is 10.2. The maximum absolute atomic E-state index is 13.8. The maximum Gasteiger partial charge on any atom is 0.166 e. The first-order valence-corrected chi connectivity index (χ1v) is 8.07. The smallest absolute Gasteiger partial charge is 0.166 e. The third-order valence-corrected chi connectivity index (χ3v) is 4.96. The molecule has 0 radical (unpaired) electrons. The second-order valence-electron chi connectivity index (χ2n) is 4.57. The van der Waals surface area contributed by atoms with E-state index in [2.05, 4.69) is 22.0 Å². The second kappa shape index (κ2) is 6.13. The Morgan fingerprint density at radius 3 is 2.76 bits per heavy atom. The van der Waals surface area contributed by atoms with Gasteiger partial charge in [0.2, 0.25) is 0 Å². The van der Waals surface area contributed by atoms with Crippen LogP contribution in [0.15, 0.2) is 46.9 Å². The molecule has 0 aliphatic rings. The highest BCUT2D eigenvalue weighted by atomic mass is 79.9. The predicted octanol–water partition coefficient (Wildman–Crippen LogP) is 4.84. The fraction of sp³-hybridized carbons (Fsp3) is 0.125. The Labute approximate surface area is 134 Å². The van der Waals surface area contributed by atoms with Gasteiger partial charge >= 0.3 is 0 Å². The van der Waals surface area contributed by atoms with Crippen LogP contribution in [0.4, 0.5) is 4.39 Å². The summed E-state index contributed by atoms with van der Waals surface area (Å²) in [5.74, 6) is -0.130. The number of halogens is 2. The Kier molecular flexibility index (Phi) is 4.24. The van der Waals surface area contributed by atoms with Crippen LogP contribution in [0.5, 0.6) is 5.75 Å². The highest BCUT2D eigenvalue weighted by Crippen LogP contribution is 2.32. The third-order valence-electron chi connectivity index (χ3n) is 3.23. The number of hydrogen-bond donors (Lipinski definition) is 1. The molecule has 0 unspecified atom stereocenters. The minimum absolute atomic E-state index is 0.247. The Morgan fingerprint density at radius 2 is 2.00 bits per heavy atom. The van der Waals surface area contributed by atoms with E-state index < -0.39 is 0 Å². The summed E-state index contributed by atoms with van der Waals surface area (Å²) in [6, 6.07) is 12.9. The molecule has 2 nitrogen and oxygen atoms in total. The largest absolute Gasteiger partial charge is 0.486 e. The minimum atomic E-state index is -0.377. The summed E-state index contributed by atoms with van der Waals surface area (Å²) >= 11 is 4.89. The number of nitrogens with two attached hydrogens (primary N) is 1. The van der Waals surface area contributed by atoms with Crippen LogP contribution in [0, 0.1) is 5.82 Å². The van der Waals surface area contributed by atoms with Crippen molar-refractivity contribution in [3.8, 4) is 5.75 Å². The Bertz CT molecular complexity index is 787. The van der Waals surface area contributed by atoms with Crippen LogP contribution in [0.25, 0.3) is 10.1 Å². The molecular weight excluding hydrogens is 353 g/mol. The van der Waals surface area contributed by atoms with Crippen LogP contribution >= 0.6 is 27.3 Å². The van der Waals surface area contributed by atoms with E-state index in [1.807, 2.05) is 18.2 Å². The molecule has 3 rings (SSSR count). The molecule has 0 atom stereocenters. The van der Waals surface area contributed by atoms with Crippen LogP contribution < -0.4 is 10.5 Å². The van der Waals surface area contributed by atoms with Gasteiger partial charge in [0, 0.05) is 26.2 Å². The molecule has 5 heteroatoms. The summed E-state index contributed by atoms with van der Waals surface area (Å²) in [5.41, 5.74) is 6.85. The molecule has 0 fully saturated rings. The molecule has 3 aromatic rings. The molecule has 2 aromatic carbocycles. The van der Waals surface area contributed by atoms with E-state index in [-0.39, 0.29) is 11.6 Å². The summed E-state index contributed by atoms with van der Waals surface area (Å²) < 4.78 is 21.3. The quantitative estimate of drug-likeness (QED) is 0.717. The van der Waals surface area contributed by atoms with E-state index in [1.165, 1.54) is 10.8 Å². The van der Waals surface area contributed by atoms with E-state index in [9.17, 15) is 4.39 Å². The minimum Gasteiger partial charge on any atom is -0.486 e. The van der Waals surface area contributed by atoms with E-state index in [4.69, 9.17) is 10.5 Å². The third kappa shape index (κ3) is 2.95. The second-order valence-corrected chi connectivity index (χ2v) is 6.62. The van der Waals surface area contributed by atoms with Crippen molar-refractivity contribution in [3.63, 3.8) is 0 Å². The van der Waals surface area contributed by atoms with Gasteiger partial charge < -0.3 is 10.5 Å². The topological polar surface area (TPSA) is 35.2 Å². The number of ether oxygens (including phenoxy) is 1. The van der Waals surface area contributed by atoms with Gasteiger partial charge in [0.1, 0.15) is 6.61 Å². The first-order valence-electron chi connectivity index (χ1n) is 6.46. The van der Waals surface area contributed by atoms with E-state index >= 15 is 0 Å². The highest BCUT2D eigenvalue weighted by Gasteiger charge is 2.12. The number of fused-ring (bicyclic) bond motifs is 1. The first kappa shape index (κ1) is 14.5. The van der Waals surface area contributed by atoms with Crippen molar-refractivity contribution >= 4 is 37.4 Å². The van der Waals surface area contributed by atoms with Crippen molar-refractivity contribution in [1.29, 1.82) is 0 Å². The Morgan fingerprint density at radius 1 is 1.19 bits per heavy atom. The lowest BCUT2D eigenvalue weighted by molar-refractivity contribution is 0.291. The van der Waals surface area contributed by atoms with Crippen molar-refractivity contribution in [2.24, 2.45) is 5.73 Å². The summed E-state index contributed by atoms with van der Waals surface area (Å²) in [4.78, 5) is 1.08. The van der Waals surface area contributed by atoms with Crippen molar-refractivity contribution in [1.82, 2.24) is 0 Å². The number of benzene rings is 2. The van der Waals surface area contributed by atoms with E-state index in [0.29, 0.717) is 17.6 Å². The molecule has 0 bridgehead atoms. The van der Waals surface area contributed by atoms with E-state index in [1.54, 1.807) is 23.5 Å². The van der Waals surface area contributed by atoms with Crippen LogP contribution in [-0.4, -0.2) is 0 Å². The van der Waals surface area contributed by atoms with Gasteiger partial charge in [-0.2, -0.15) is 0 Å². The van der Waals surface area contributed by atoms with Gasteiger partial charge in [0.25, 0.3) is 0 Å². The van der Waals surface area contributed by atoms with Gasteiger partial charge in [0.15, 0.2) is 11.6 Å². The average molecular weight is 366 g/mol. The monoisotopic (exact) mass is 365 g/mol. The van der Waals surface area contributed by atoms with Gasteiger partial charge in [0.05, 0.1) is 0 Å². The molecule has 0 amide bonds. The Hall–Kier alpha value is -1.43. The van der Waals surface area contributed by atoms with Gasteiger partial charge in [-0.1, -0.05) is 34.1 Å². The molecule has 1 heterocycles. The molecule has 0 saturated heterocycles. The van der Waals surface area contributed by atoms with Crippen LogP contribution in [-0.2, 0) is 13.2 Å². The zero-order valence-electron chi connectivity index (χ0n) is 11.1. The van der Waals surface area contributed by atoms with Gasteiger partial charge in [-0.25, -0.2) is 4.39 Å². The van der Waals surface area contributed by atoms with Gasteiger partial charge in [-0.15, -0.1) is 11.3 Å². The molecule has 21 heavy (non-hydrogen) atoms. The predicted molar refractivity (Wildman–Crippen MR) is 88.1 cm³/mol. The number of thiophene rings is 1. The zero-order chi connectivity index (χ0) is 14.8. The molecule has 0 spiro atoms. The van der Waals surface area contributed by atoms with Crippen molar-refractivity contribution in [3.05, 3.63) is 63.2 Å². The number of rotatable bonds is 4. The fourth-order valence-electron chi connectivity index (χ4n) is 2.21. The summed E-state index contributed by atoms with van der Waals surface area (Å²) in [6.07, 6.45) is 0. The lowest BCUT2D eigenvalue weighted by atomic mass is 10.1. The molecule has 0 saturated carbocycles. The fourth-order valence-corrected chi connectivity index (χ4v) is 3.64. The Balaban J connectivity index is 1.91. The molecule has 2 N–H and O–H groups in total. The zero-order valence-corrected chi connectivity index (χ0v) is 13.5. The standard InChI is InChI=1S/C16H13BrFNOS/c17-10-5-6-14(13(18)7-10)20-9-12-11-3-1-2-4-15(11)21-16(12)8-19/h1-7H,8-9,19H2. The van der Waals surface area contributed by atoms with E-state index in [0.717, 1.165) is 15.8 Å². The number of hydrogen-bond acceptors (Lipinski definition) is 3. The summed E-state index contributed by atoms with van der Waals surface area (Å²) in [7, 11) is 0. The highest BCUT2D eigenvalue weighted by molar-refractivity contribution is 9.10. The normalized spacial score (nSPS) is 11.0. The summed E-state index contributed by atoms with van der Waals surface area (Å²) in [5, 5.41) is 1.13. The summed E-state index contributed by atoms with van der Waals surface area (Å²) in [6.45, 7) is 0.774. The molecule has 0 aliphatic heterocycles. The van der Waals surface area contributed by atoms with Crippen LogP contribution in [0.2, 0.25) is 0 Å². The SMILES string of the molecule is NCc1sc2ccccc2c1COc1ccc(Br)cc1F. The lowest BCUT2D eigenvalue weighted by Crippen LogP contribution is -2.02. The van der Waals surface area contributed by atoms with Crippen molar-refractivity contribution < 1.29 is 9.13 Å². The van der Waals surface area contributed by atoms with Crippen LogP contribution in [0.1, 0.15) is 10.4 Å².